The molecule has 1 aromatic carbocycles. The minimum atomic E-state index is 0.144. The molecule has 3 nitrogen and oxygen atoms in total. The third kappa shape index (κ3) is 4.28. The zero-order valence-corrected chi connectivity index (χ0v) is 14.7. The van der Waals surface area contributed by atoms with Crippen LogP contribution in [-0.2, 0) is 11.2 Å². The van der Waals surface area contributed by atoms with E-state index in [2.05, 4.69) is 37.4 Å². The average molecular weight is 325 g/mol. The molecular formula is C21H27NO2. The lowest BCUT2D eigenvalue weighted by molar-refractivity contribution is -0.122. The largest absolute Gasteiger partial charge is 0.461 e. The summed E-state index contributed by atoms with van der Waals surface area (Å²) in [4.78, 5) is 12.1. The zero-order valence-electron chi connectivity index (χ0n) is 14.7. The summed E-state index contributed by atoms with van der Waals surface area (Å²) in [5.41, 5.74) is 3.64. The second-order valence-corrected chi connectivity index (χ2v) is 6.97. The van der Waals surface area contributed by atoms with Gasteiger partial charge in [0.25, 0.3) is 0 Å². The molecule has 1 fully saturated rings. The molecule has 0 spiro atoms. The molecule has 128 valence electrons. The molecule has 0 radical (unpaired) electrons. The van der Waals surface area contributed by atoms with Crippen molar-refractivity contribution >= 4 is 5.91 Å². The van der Waals surface area contributed by atoms with Gasteiger partial charge in [-0.15, -0.1) is 0 Å². The molecule has 1 N–H and O–H groups in total. The van der Waals surface area contributed by atoms with E-state index in [0.29, 0.717) is 18.9 Å². The van der Waals surface area contributed by atoms with Gasteiger partial charge in [0, 0.05) is 24.4 Å². The van der Waals surface area contributed by atoms with E-state index in [-0.39, 0.29) is 5.91 Å². The van der Waals surface area contributed by atoms with Crippen molar-refractivity contribution in [3.8, 4) is 11.3 Å². The molecule has 24 heavy (non-hydrogen) atoms. The molecule has 1 saturated carbocycles. The van der Waals surface area contributed by atoms with Gasteiger partial charge >= 0.3 is 0 Å². The fraction of sp³-hybridized carbons (Fsp3) is 0.476. The summed E-state index contributed by atoms with van der Waals surface area (Å²) in [7, 11) is 0. The highest BCUT2D eigenvalue weighted by Gasteiger charge is 2.16. The molecule has 0 atom stereocenters. The van der Waals surface area contributed by atoms with Gasteiger partial charge in [0.1, 0.15) is 11.5 Å². The Balaban J connectivity index is 1.53. The van der Waals surface area contributed by atoms with Gasteiger partial charge < -0.3 is 9.73 Å². The Kier molecular flexibility index (Phi) is 5.39. The van der Waals surface area contributed by atoms with Gasteiger partial charge in [0.15, 0.2) is 0 Å². The molecule has 0 saturated heterocycles. The van der Waals surface area contributed by atoms with Crippen LogP contribution in [0.3, 0.4) is 0 Å². The SMILES string of the molecule is Cc1ccc(-c2ccc(CCC(=O)NC3CCCCC3)o2)cc1C. The Labute approximate surface area is 144 Å². The predicted molar refractivity (Wildman–Crippen MR) is 97.0 cm³/mol. The zero-order chi connectivity index (χ0) is 16.9. The fourth-order valence-corrected chi connectivity index (χ4v) is 3.35. The van der Waals surface area contributed by atoms with Crippen molar-refractivity contribution in [3.05, 3.63) is 47.2 Å². The van der Waals surface area contributed by atoms with Crippen LogP contribution < -0.4 is 5.32 Å². The Hall–Kier alpha value is -2.03. The van der Waals surface area contributed by atoms with E-state index in [0.717, 1.165) is 29.9 Å². The van der Waals surface area contributed by atoms with Crippen LogP contribution in [0.5, 0.6) is 0 Å². The van der Waals surface area contributed by atoms with Crippen molar-refractivity contribution in [1.82, 2.24) is 5.32 Å². The maximum absolute atomic E-state index is 12.1. The summed E-state index contributed by atoms with van der Waals surface area (Å²) in [6, 6.07) is 10.7. The minimum absolute atomic E-state index is 0.144. The molecule has 1 heterocycles. The van der Waals surface area contributed by atoms with Crippen LogP contribution in [0.1, 0.15) is 55.4 Å². The number of furan rings is 1. The fourth-order valence-electron chi connectivity index (χ4n) is 3.35. The molecule has 2 aromatic rings. The number of rotatable bonds is 5. The van der Waals surface area contributed by atoms with Gasteiger partial charge in [0.2, 0.25) is 5.91 Å². The van der Waals surface area contributed by atoms with Crippen LogP contribution in [-0.4, -0.2) is 11.9 Å². The van der Waals surface area contributed by atoms with Gasteiger partial charge in [-0.3, -0.25) is 4.79 Å². The molecule has 0 aliphatic heterocycles. The first-order valence-electron chi connectivity index (χ1n) is 9.07. The van der Waals surface area contributed by atoms with Crippen molar-refractivity contribution < 1.29 is 9.21 Å². The van der Waals surface area contributed by atoms with Crippen molar-refractivity contribution in [2.45, 2.75) is 64.8 Å². The Morgan fingerprint density at radius 2 is 1.88 bits per heavy atom. The van der Waals surface area contributed by atoms with Crippen LogP contribution in [0.2, 0.25) is 0 Å². The van der Waals surface area contributed by atoms with Crippen molar-refractivity contribution in [2.75, 3.05) is 0 Å². The van der Waals surface area contributed by atoms with Crippen LogP contribution in [0.15, 0.2) is 34.7 Å². The summed E-state index contributed by atoms with van der Waals surface area (Å²) >= 11 is 0. The third-order valence-corrected chi connectivity index (χ3v) is 5.02. The van der Waals surface area contributed by atoms with E-state index in [9.17, 15) is 4.79 Å². The lowest BCUT2D eigenvalue weighted by atomic mass is 9.95. The highest BCUT2D eigenvalue weighted by molar-refractivity contribution is 5.76. The standard InChI is InChI=1S/C21H27NO2/c1-15-8-9-17(14-16(15)2)20-12-10-19(24-20)11-13-21(23)22-18-6-4-3-5-7-18/h8-10,12,14,18H,3-7,11,13H2,1-2H3,(H,22,23). The molecular weight excluding hydrogens is 298 g/mol. The molecule has 1 amide bonds. The van der Waals surface area contributed by atoms with Crippen LogP contribution in [0.25, 0.3) is 11.3 Å². The molecule has 1 aliphatic rings. The minimum Gasteiger partial charge on any atom is -0.461 e. The van der Waals surface area contributed by atoms with Gasteiger partial charge in [-0.05, 0) is 56.0 Å². The number of hydrogen-bond donors (Lipinski definition) is 1. The number of nitrogens with one attached hydrogen (secondary N) is 1. The quantitative estimate of drug-likeness (QED) is 0.845. The molecule has 0 bridgehead atoms. The molecule has 3 heteroatoms. The summed E-state index contributed by atoms with van der Waals surface area (Å²) in [5, 5.41) is 3.16. The topological polar surface area (TPSA) is 42.2 Å². The van der Waals surface area contributed by atoms with E-state index in [4.69, 9.17) is 4.42 Å². The maximum atomic E-state index is 12.1. The van der Waals surface area contributed by atoms with Gasteiger partial charge in [-0.25, -0.2) is 0 Å². The van der Waals surface area contributed by atoms with Gasteiger partial charge in [-0.1, -0.05) is 31.4 Å². The third-order valence-electron chi connectivity index (χ3n) is 5.02. The highest BCUT2D eigenvalue weighted by atomic mass is 16.3. The number of aryl methyl sites for hydroxylation is 3. The number of carbonyl (C=O) groups is 1. The highest BCUT2D eigenvalue weighted by Crippen LogP contribution is 2.25. The second kappa shape index (κ2) is 7.69. The summed E-state index contributed by atoms with van der Waals surface area (Å²) in [6.07, 6.45) is 7.19. The summed E-state index contributed by atoms with van der Waals surface area (Å²) < 4.78 is 5.92. The molecule has 3 rings (SSSR count). The summed E-state index contributed by atoms with van der Waals surface area (Å²) in [5.74, 6) is 1.90. The van der Waals surface area contributed by atoms with E-state index >= 15 is 0 Å². The van der Waals surface area contributed by atoms with Crippen molar-refractivity contribution in [1.29, 1.82) is 0 Å². The van der Waals surface area contributed by atoms with Crippen LogP contribution in [0, 0.1) is 13.8 Å². The lowest BCUT2D eigenvalue weighted by Crippen LogP contribution is -2.36. The van der Waals surface area contributed by atoms with Crippen molar-refractivity contribution in [3.63, 3.8) is 0 Å². The second-order valence-electron chi connectivity index (χ2n) is 6.97. The Morgan fingerprint density at radius 1 is 1.08 bits per heavy atom. The number of hydrogen-bond acceptors (Lipinski definition) is 2. The van der Waals surface area contributed by atoms with E-state index in [1.54, 1.807) is 0 Å². The molecule has 1 aromatic heterocycles. The lowest BCUT2D eigenvalue weighted by Gasteiger charge is -2.22. The van der Waals surface area contributed by atoms with E-state index in [1.165, 1.54) is 30.4 Å². The Morgan fingerprint density at radius 3 is 2.62 bits per heavy atom. The first-order chi connectivity index (χ1) is 11.6. The number of amides is 1. The average Bonchev–Trinajstić information content (AvgIpc) is 3.05. The number of carbonyl (C=O) groups excluding carboxylic acids is 1. The smallest absolute Gasteiger partial charge is 0.220 e. The molecule has 0 unspecified atom stereocenters. The molecule has 1 aliphatic carbocycles. The van der Waals surface area contributed by atoms with E-state index in [1.807, 2.05) is 12.1 Å². The van der Waals surface area contributed by atoms with Crippen molar-refractivity contribution in [2.24, 2.45) is 0 Å². The van der Waals surface area contributed by atoms with Gasteiger partial charge in [-0.2, -0.15) is 0 Å². The first-order valence-corrected chi connectivity index (χ1v) is 9.07. The monoisotopic (exact) mass is 325 g/mol. The summed E-state index contributed by atoms with van der Waals surface area (Å²) in [6.45, 7) is 4.22. The first kappa shape index (κ1) is 16.8. The normalized spacial score (nSPS) is 15.4. The van der Waals surface area contributed by atoms with E-state index < -0.39 is 0 Å². The van der Waals surface area contributed by atoms with Gasteiger partial charge in [0.05, 0.1) is 0 Å². The number of benzene rings is 1. The van der Waals surface area contributed by atoms with Crippen LogP contribution >= 0.6 is 0 Å². The predicted octanol–water partition coefficient (Wildman–Crippen LogP) is 4.94. The Bertz CT molecular complexity index is 696. The maximum Gasteiger partial charge on any atom is 0.220 e. The van der Waals surface area contributed by atoms with Crippen LogP contribution in [0.4, 0.5) is 0 Å².